The molecule has 0 aliphatic carbocycles. The first-order valence-electron chi connectivity index (χ1n) is 11.7. The van der Waals surface area contributed by atoms with Crippen LogP contribution in [0, 0.1) is 0 Å². The van der Waals surface area contributed by atoms with Crippen molar-refractivity contribution in [2.24, 2.45) is 0 Å². The lowest BCUT2D eigenvalue weighted by Crippen LogP contribution is -2.56. The monoisotopic (exact) mass is 489 g/mol. The Morgan fingerprint density at radius 3 is 1.71 bits per heavy atom. The highest BCUT2D eigenvalue weighted by atomic mass is 35.5. The van der Waals surface area contributed by atoms with Crippen molar-refractivity contribution in [1.29, 1.82) is 0 Å². The van der Waals surface area contributed by atoms with Crippen LogP contribution in [-0.2, 0) is 17.8 Å². The Morgan fingerprint density at radius 2 is 1.17 bits per heavy atom. The van der Waals surface area contributed by atoms with Crippen molar-refractivity contribution in [2.45, 2.75) is 19.0 Å². The second kappa shape index (κ2) is 10.8. The lowest BCUT2D eigenvalue weighted by atomic mass is 10.0. The highest BCUT2D eigenvalue weighted by Crippen LogP contribution is 2.27. The maximum absolute atomic E-state index is 13.8. The van der Waals surface area contributed by atoms with Gasteiger partial charge in [-0.05, 0) is 23.3 Å². The van der Waals surface area contributed by atoms with Crippen LogP contribution in [0.2, 0.25) is 0 Å². The minimum absolute atomic E-state index is 0. The number of carbonyl (C=O) groups is 3. The van der Waals surface area contributed by atoms with E-state index in [2.05, 4.69) is 17.0 Å². The van der Waals surface area contributed by atoms with Crippen LogP contribution in [0.4, 0.5) is 0 Å². The van der Waals surface area contributed by atoms with Crippen LogP contribution in [-0.4, -0.2) is 64.6 Å². The molecule has 6 nitrogen and oxygen atoms in total. The molecule has 1 saturated heterocycles. The molecule has 3 aromatic carbocycles. The highest BCUT2D eigenvalue weighted by molar-refractivity contribution is 6.22. The van der Waals surface area contributed by atoms with Crippen LogP contribution in [0.25, 0.3) is 0 Å². The number of fused-ring (bicyclic) bond motifs is 1. The molecule has 0 N–H and O–H groups in total. The fourth-order valence-corrected chi connectivity index (χ4v) is 4.80. The first-order valence-corrected chi connectivity index (χ1v) is 11.7. The second-order valence-electron chi connectivity index (χ2n) is 8.82. The zero-order valence-electron chi connectivity index (χ0n) is 19.4. The quantitative estimate of drug-likeness (QED) is 0.496. The normalized spacial score (nSPS) is 16.6. The van der Waals surface area contributed by atoms with E-state index in [1.165, 1.54) is 10.5 Å². The number of imide groups is 1. The van der Waals surface area contributed by atoms with Gasteiger partial charge in [0.15, 0.2) is 0 Å². The molecule has 1 unspecified atom stereocenters. The summed E-state index contributed by atoms with van der Waals surface area (Å²) < 4.78 is 0. The van der Waals surface area contributed by atoms with Gasteiger partial charge in [0, 0.05) is 39.1 Å². The Labute approximate surface area is 211 Å². The molecule has 35 heavy (non-hydrogen) atoms. The van der Waals surface area contributed by atoms with E-state index in [0.29, 0.717) is 30.6 Å². The number of carbonyl (C=O) groups excluding carboxylic acids is 3. The molecule has 3 aromatic rings. The molecule has 7 heteroatoms. The van der Waals surface area contributed by atoms with Gasteiger partial charge in [0.1, 0.15) is 6.04 Å². The molecule has 0 bridgehead atoms. The van der Waals surface area contributed by atoms with Gasteiger partial charge in [-0.3, -0.25) is 24.2 Å². The molecule has 0 aromatic heterocycles. The number of hydrogen-bond donors (Lipinski definition) is 0. The summed E-state index contributed by atoms with van der Waals surface area (Å²) in [4.78, 5) is 45.5. The highest BCUT2D eigenvalue weighted by Gasteiger charge is 2.44. The van der Waals surface area contributed by atoms with Crippen LogP contribution in [0.15, 0.2) is 84.9 Å². The van der Waals surface area contributed by atoms with Crippen molar-refractivity contribution in [3.8, 4) is 0 Å². The maximum Gasteiger partial charge on any atom is 0.262 e. The van der Waals surface area contributed by atoms with Gasteiger partial charge in [0.2, 0.25) is 5.91 Å². The van der Waals surface area contributed by atoms with Gasteiger partial charge in [-0.15, -0.1) is 12.4 Å². The molecule has 2 aliphatic heterocycles. The number of nitrogens with zero attached hydrogens (tertiary/aromatic N) is 3. The zero-order valence-corrected chi connectivity index (χ0v) is 20.2. The predicted molar refractivity (Wildman–Crippen MR) is 136 cm³/mol. The number of benzene rings is 3. The van der Waals surface area contributed by atoms with Crippen LogP contribution < -0.4 is 0 Å². The molecule has 1 fully saturated rings. The van der Waals surface area contributed by atoms with Gasteiger partial charge >= 0.3 is 0 Å². The largest absolute Gasteiger partial charge is 0.338 e. The van der Waals surface area contributed by atoms with E-state index in [4.69, 9.17) is 0 Å². The number of rotatable bonds is 6. The van der Waals surface area contributed by atoms with Gasteiger partial charge < -0.3 is 4.90 Å². The van der Waals surface area contributed by atoms with Crippen molar-refractivity contribution >= 4 is 30.1 Å². The molecular weight excluding hydrogens is 462 g/mol. The standard InChI is InChI=1S/C28H27N3O3.ClH/c32-26-23-13-7-8-14-24(23)27(33)31(26)25(19-21-9-3-1-4-10-21)28(34)30-17-15-29(16-18-30)20-22-11-5-2-6-12-22;/h1-14,25H,15-20H2;1H. The molecular formula is C28H28ClN3O3. The summed E-state index contributed by atoms with van der Waals surface area (Å²) in [5.41, 5.74) is 2.90. The number of piperazine rings is 1. The lowest BCUT2D eigenvalue weighted by Gasteiger charge is -2.38. The molecule has 0 saturated carbocycles. The van der Waals surface area contributed by atoms with Crippen LogP contribution >= 0.6 is 12.4 Å². The summed E-state index contributed by atoms with van der Waals surface area (Å²) in [6.45, 7) is 3.48. The van der Waals surface area contributed by atoms with Crippen molar-refractivity contribution in [3.05, 3.63) is 107 Å². The van der Waals surface area contributed by atoms with Crippen molar-refractivity contribution < 1.29 is 14.4 Å². The summed E-state index contributed by atoms with van der Waals surface area (Å²) in [5, 5.41) is 0. The molecule has 0 spiro atoms. The minimum atomic E-state index is -0.865. The predicted octanol–water partition coefficient (Wildman–Crippen LogP) is 3.66. The van der Waals surface area contributed by atoms with Gasteiger partial charge in [-0.25, -0.2) is 0 Å². The molecule has 2 aliphatic rings. The Morgan fingerprint density at radius 1 is 0.686 bits per heavy atom. The van der Waals surface area contributed by atoms with E-state index in [1.54, 1.807) is 29.2 Å². The molecule has 3 amide bonds. The zero-order chi connectivity index (χ0) is 23.5. The van der Waals surface area contributed by atoms with Crippen molar-refractivity contribution in [2.75, 3.05) is 26.2 Å². The number of halogens is 1. The van der Waals surface area contributed by atoms with Crippen molar-refractivity contribution in [3.63, 3.8) is 0 Å². The summed E-state index contributed by atoms with van der Waals surface area (Å²) in [5.74, 6) is -0.951. The van der Waals surface area contributed by atoms with Crippen molar-refractivity contribution in [1.82, 2.24) is 14.7 Å². The third-order valence-electron chi connectivity index (χ3n) is 6.63. The number of amides is 3. The number of hydrogen-bond acceptors (Lipinski definition) is 4. The molecule has 2 heterocycles. The van der Waals surface area contributed by atoms with E-state index in [0.717, 1.165) is 25.2 Å². The first kappa shape index (κ1) is 24.6. The van der Waals surface area contributed by atoms with E-state index in [-0.39, 0.29) is 18.3 Å². The van der Waals surface area contributed by atoms with E-state index in [1.807, 2.05) is 48.5 Å². The van der Waals surface area contributed by atoms with E-state index >= 15 is 0 Å². The van der Waals surface area contributed by atoms with E-state index in [9.17, 15) is 14.4 Å². The third kappa shape index (κ3) is 5.14. The molecule has 1 atom stereocenters. The maximum atomic E-state index is 13.8. The summed E-state index contributed by atoms with van der Waals surface area (Å²) in [6.07, 6.45) is 0.301. The molecule has 0 radical (unpaired) electrons. The van der Waals surface area contributed by atoms with Gasteiger partial charge in [0.05, 0.1) is 11.1 Å². The fourth-order valence-electron chi connectivity index (χ4n) is 4.80. The van der Waals surface area contributed by atoms with Gasteiger partial charge in [-0.2, -0.15) is 0 Å². The van der Waals surface area contributed by atoms with Crippen LogP contribution in [0.5, 0.6) is 0 Å². The van der Waals surface area contributed by atoms with Gasteiger partial charge in [0.25, 0.3) is 11.8 Å². The topological polar surface area (TPSA) is 60.9 Å². The third-order valence-corrected chi connectivity index (χ3v) is 6.63. The fraction of sp³-hybridized carbons (Fsp3) is 0.250. The van der Waals surface area contributed by atoms with E-state index < -0.39 is 17.9 Å². The summed E-state index contributed by atoms with van der Waals surface area (Å²) >= 11 is 0. The molecule has 180 valence electrons. The minimum Gasteiger partial charge on any atom is -0.338 e. The summed E-state index contributed by atoms with van der Waals surface area (Å²) in [7, 11) is 0. The van der Waals surface area contributed by atoms with Crippen LogP contribution in [0.3, 0.4) is 0 Å². The first-order chi connectivity index (χ1) is 16.6. The van der Waals surface area contributed by atoms with Gasteiger partial charge in [-0.1, -0.05) is 72.8 Å². The Bertz CT molecular complexity index is 1160. The van der Waals surface area contributed by atoms with Crippen LogP contribution in [0.1, 0.15) is 31.8 Å². The lowest BCUT2D eigenvalue weighted by molar-refractivity contribution is -0.137. The average Bonchev–Trinajstić information content (AvgIpc) is 3.14. The SMILES string of the molecule is Cl.O=C(C(Cc1ccccc1)N1C(=O)c2ccccc2C1=O)N1CCN(Cc2ccccc2)CC1. The Balaban J connectivity index is 0.00000289. The Hall–Kier alpha value is -3.48. The Kier molecular flexibility index (Phi) is 7.63. The molecule has 5 rings (SSSR count). The smallest absolute Gasteiger partial charge is 0.262 e. The average molecular weight is 490 g/mol. The second-order valence-corrected chi connectivity index (χ2v) is 8.82. The summed E-state index contributed by atoms with van der Waals surface area (Å²) in [6, 6.07) is 25.8.